The minimum Gasteiger partial charge on any atom is -0.355 e. The van der Waals surface area contributed by atoms with Crippen molar-refractivity contribution in [1.82, 2.24) is 20.5 Å². The molecule has 0 unspecified atom stereocenters. The Morgan fingerprint density at radius 3 is 2.79 bits per heavy atom. The Kier molecular flexibility index (Phi) is 4.18. The molecule has 0 bridgehead atoms. The van der Waals surface area contributed by atoms with Gasteiger partial charge in [0, 0.05) is 42.5 Å². The highest BCUT2D eigenvalue weighted by atomic mass is 32.1. The zero-order chi connectivity index (χ0) is 16.5. The lowest BCUT2D eigenvalue weighted by atomic mass is 10.00. The fraction of sp³-hybridized carbons (Fsp3) is 0.529. The first-order valence-corrected chi connectivity index (χ1v) is 9.25. The van der Waals surface area contributed by atoms with Crippen molar-refractivity contribution in [2.24, 2.45) is 5.92 Å². The molecular formula is C17H21N5OS. The normalized spacial score (nSPS) is 17.6. The summed E-state index contributed by atoms with van der Waals surface area (Å²) in [7, 11) is 0. The number of thiazole rings is 1. The lowest BCUT2D eigenvalue weighted by molar-refractivity contribution is -0.120. The van der Waals surface area contributed by atoms with E-state index in [4.69, 9.17) is 0 Å². The third-order valence-electron chi connectivity index (χ3n) is 4.54. The molecule has 1 aliphatic carbocycles. The number of carbonyl (C=O) groups excluding carboxylic acids is 1. The van der Waals surface area contributed by atoms with Crippen LogP contribution in [-0.4, -0.2) is 40.7 Å². The summed E-state index contributed by atoms with van der Waals surface area (Å²) < 4.78 is 0. The highest BCUT2D eigenvalue weighted by Crippen LogP contribution is 2.38. The van der Waals surface area contributed by atoms with Gasteiger partial charge in [0.15, 0.2) is 5.82 Å². The Morgan fingerprint density at radius 2 is 2.17 bits per heavy atom. The molecule has 2 aromatic heterocycles. The number of nitrogens with zero attached hydrogens (tertiary/aromatic N) is 4. The van der Waals surface area contributed by atoms with E-state index in [1.165, 1.54) is 12.8 Å². The van der Waals surface area contributed by atoms with E-state index in [0.29, 0.717) is 18.3 Å². The topological polar surface area (TPSA) is 71.0 Å². The number of hydrogen-bond acceptors (Lipinski definition) is 6. The van der Waals surface area contributed by atoms with Crippen molar-refractivity contribution in [1.29, 1.82) is 0 Å². The Bertz CT molecular complexity index is 719. The van der Waals surface area contributed by atoms with E-state index in [2.05, 4.69) is 37.5 Å². The third kappa shape index (κ3) is 3.56. The summed E-state index contributed by atoms with van der Waals surface area (Å²) in [5.74, 6) is 2.16. The lowest BCUT2D eigenvalue weighted by Crippen LogP contribution is -2.52. The number of hydrogen-bond donors (Lipinski definition) is 1. The molecule has 1 aliphatic heterocycles. The van der Waals surface area contributed by atoms with Crippen molar-refractivity contribution >= 4 is 23.1 Å². The summed E-state index contributed by atoms with van der Waals surface area (Å²) in [4.78, 5) is 19.4. The maximum Gasteiger partial charge on any atom is 0.225 e. The highest BCUT2D eigenvalue weighted by molar-refractivity contribution is 7.11. The second kappa shape index (κ2) is 6.47. The van der Waals surface area contributed by atoms with Crippen molar-refractivity contribution in [3.8, 4) is 0 Å². The Morgan fingerprint density at radius 1 is 1.33 bits per heavy atom. The fourth-order valence-electron chi connectivity index (χ4n) is 2.95. The number of aromatic nitrogens is 3. The van der Waals surface area contributed by atoms with Gasteiger partial charge in [-0.05, 0) is 31.9 Å². The van der Waals surface area contributed by atoms with E-state index in [-0.39, 0.29) is 5.91 Å². The van der Waals surface area contributed by atoms with Crippen LogP contribution in [-0.2, 0) is 11.2 Å². The molecule has 2 fully saturated rings. The van der Waals surface area contributed by atoms with Crippen LogP contribution in [0.1, 0.15) is 34.3 Å². The molecule has 0 radical (unpaired) electrons. The average molecular weight is 343 g/mol. The van der Waals surface area contributed by atoms with Gasteiger partial charge in [0.25, 0.3) is 0 Å². The number of aryl methyl sites for hydroxylation is 1. The van der Waals surface area contributed by atoms with E-state index < -0.39 is 0 Å². The molecule has 7 heteroatoms. The van der Waals surface area contributed by atoms with Crippen LogP contribution in [0.15, 0.2) is 18.3 Å². The number of carbonyl (C=O) groups is 1. The molecule has 2 aliphatic rings. The van der Waals surface area contributed by atoms with Gasteiger partial charge in [-0.1, -0.05) is 0 Å². The van der Waals surface area contributed by atoms with E-state index in [1.807, 2.05) is 6.92 Å². The van der Waals surface area contributed by atoms with Gasteiger partial charge < -0.3 is 10.2 Å². The quantitative estimate of drug-likeness (QED) is 0.867. The predicted molar refractivity (Wildman–Crippen MR) is 93.3 cm³/mol. The summed E-state index contributed by atoms with van der Waals surface area (Å²) in [5.41, 5.74) is 1.13. The van der Waals surface area contributed by atoms with Crippen LogP contribution in [0.5, 0.6) is 0 Å². The molecule has 1 saturated heterocycles. The van der Waals surface area contributed by atoms with Crippen LogP contribution in [0.2, 0.25) is 0 Å². The van der Waals surface area contributed by atoms with Crippen LogP contribution < -0.4 is 10.2 Å². The second-order valence-corrected chi connectivity index (χ2v) is 8.01. The van der Waals surface area contributed by atoms with Crippen LogP contribution >= 0.6 is 11.3 Å². The van der Waals surface area contributed by atoms with Gasteiger partial charge in [-0.25, -0.2) is 4.98 Å². The van der Waals surface area contributed by atoms with E-state index in [1.54, 1.807) is 17.5 Å². The highest BCUT2D eigenvalue weighted by Gasteiger charge is 2.29. The number of rotatable bonds is 6. The first kappa shape index (κ1) is 15.5. The zero-order valence-corrected chi connectivity index (χ0v) is 14.6. The largest absolute Gasteiger partial charge is 0.355 e. The molecule has 6 nitrogen and oxygen atoms in total. The minimum absolute atomic E-state index is 0.0747. The molecule has 0 aromatic carbocycles. The van der Waals surface area contributed by atoms with Crippen LogP contribution in [0.25, 0.3) is 0 Å². The van der Waals surface area contributed by atoms with E-state index in [9.17, 15) is 4.79 Å². The molecule has 0 atom stereocenters. The second-order valence-electron chi connectivity index (χ2n) is 6.69. The van der Waals surface area contributed by atoms with Crippen LogP contribution in [0, 0.1) is 12.8 Å². The van der Waals surface area contributed by atoms with Crippen molar-refractivity contribution in [2.75, 3.05) is 24.5 Å². The SMILES string of the molecule is Cc1ncc(CC(=O)NCC2CN(c3ccc(C4CC4)nn3)C2)s1. The first-order valence-electron chi connectivity index (χ1n) is 8.44. The van der Waals surface area contributed by atoms with Gasteiger partial charge >= 0.3 is 0 Å². The summed E-state index contributed by atoms with van der Waals surface area (Å²) >= 11 is 1.58. The van der Waals surface area contributed by atoms with Crippen molar-refractivity contribution in [3.05, 3.63) is 33.9 Å². The lowest BCUT2D eigenvalue weighted by Gasteiger charge is -2.39. The molecule has 0 spiro atoms. The molecular weight excluding hydrogens is 322 g/mol. The summed E-state index contributed by atoms with van der Waals surface area (Å²) in [6, 6.07) is 4.17. The van der Waals surface area contributed by atoms with Gasteiger partial charge in [0.05, 0.1) is 17.1 Å². The number of amides is 1. The molecule has 1 saturated carbocycles. The maximum absolute atomic E-state index is 12.0. The molecule has 1 amide bonds. The monoisotopic (exact) mass is 343 g/mol. The van der Waals surface area contributed by atoms with Gasteiger partial charge in [0.2, 0.25) is 5.91 Å². The summed E-state index contributed by atoms with van der Waals surface area (Å²) in [6.45, 7) is 4.53. The average Bonchev–Trinajstić information content (AvgIpc) is 3.30. The first-order chi connectivity index (χ1) is 11.7. The van der Waals surface area contributed by atoms with Crippen LogP contribution in [0.4, 0.5) is 5.82 Å². The van der Waals surface area contributed by atoms with Crippen molar-refractivity contribution in [2.45, 2.75) is 32.1 Å². The van der Waals surface area contributed by atoms with Crippen molar-refractivity contribution in [3.63, 3.8) is 0 Å². The molecule has 1 N–H and O–H groups in total. The Balaban J connectivity index is 1.19. The molecule has 126 valence electrons. The minimum atomic E-state index is 0.0747. The zero-order valence-electron chi connectivity index (χ0n) is 13.7. The number of anilines is 1. The van der Waals surface area contributed by atoms with Gasteiger partial charge in [-0.15, -0.1) is 16.4 Å². The maximum atomic E-state index is 12.0. The summed E-state index contributed by atoms with van der Waals surface area (Å²) in [6.07, 6.45) is 4.71. The number of nitrogens with one attached hydrogen (secondary N) is 1. The predicted octanol–water partition coefficient (Wildman–Crippen LogP) is 1.91. The molecule has 4 rings (SSSR count). The third-order valence-corrected chi connectivity index (χ3v) is 5.45. The van der Waals surface area contributed by atoms with Crippen LogP contribution in [0.3, 0.4) is 0 Å². The Hall–Kier alpha value is -2.02. The molecule has 3 heterocycles. The van der Waals surface area contributed by atoms with Gasteiger partial charge in [-0.3, -0.25) is 4.79 Å². The molecule has 24 heavy (non-hydrogen) atoms. The Labute approximate surface area is 145 Å². The van der Waals surface area contributed by atoms with Gasteiger partial charge in [-0.2, -0.15) is 5.10 Å². The van der Waals surface area contributed by atoms with E-state index in [0.717, 1.165) is 41.0 Å². The van der Waals surface area contributed by atoms with E-state index >= 15 is 0 Å². The standard InChI is InChI=1S/C17H21N5OS/c1-11-18-8-14(24-11)6-17(23)19-7-12-9-22(10-12)16-5-4-15(20-21-16)13-2-3-13/h4-5,8,12-13H,2-3,6-7,9-10H2,1H3,(H,19,23). The summed E-state index contributed by atoms with van der Waals surface area (Å²) in [5, 5.41) is 12.7. The smallest absolute Gasteiger partial charge is 0.225 e. The van der Waals surface area contributed by atoms with Gasteiger partial charge in [0.1, 0.15) is 0 Å². The fourth-order valence-corrected chi connectivity index (χ4v) is 3.75. The molecule has 2 aromatic rings. The van der Waals surface area contributed by atoms with Crippen molar-refractivity contribution < 1.29 is 4.79 Å².